The number of amides is 2. The van der Waals surface area contributed by atoms with Crippen molar-refractivity contribution >= 4 is 23.4 Å². The topological polar surface area (TPSA) is 72.9 Å². The maximum atomic E-state index is 12.9. The van der Waals surface area contributed by atoms with E-state index in [1.54, 1.807) is 24.3 Å². The Morgan fingerprint density at radius 2 is 1.66 bits per heavy atom. The smallest absolute Gasteiger partial charge is 0.253 e. The number of carbonyl (C=O) groups excluding carboxylic acids is 2. The fourth-order valence-corrected chi connectivity index (χ4v) is 3.71. The number of halogens is 1. The number of carbonyl (C=O) groups is 2. The summed E-state index contributed by atoms with van der Waals surface area (Å²) in [7, 11) is 0. The van der Waals surface area contributed by atoms with Gasteiger partial charge in [0.05, 0.1) is 29.7 Å². The van der Waals surface area contributed by atoms with Gasteiger partial charge in [-0.2, -0.15) is 0 Å². The summed E-state index contributed by atoms with van der Waals surface area (Å²) >= 11 is 6.16. The second kappa shape index (κ2) is 10.4. The number of piperazine rings is 1. The van der Waals surface area contributed by atoms with Crippen LogP contribution in [0.25, 0.3) is 0 Å². The Balaban J connectivity index is 1.69. The molecule has 1 aliphatic heterocycles. The molecule has 7 heteroatoms. The van der Waals surface area contributed by atoms with E-state index in [2.05, 4.69) is 10.2 Å². The largest absolute Gasteiger partial charge is 0.395 e. The minimum Gasteiger partial charge on any atom is -0.395 e. The van der Waals surface area contributed by atoms with Crippen LogP contribution in [0.5, 0.6) is 0 Å². The van der Waals surface area contributed by atoms with Crippen LogP contribution in [0.15, 0.2) is 54.6 Å². The SMILES string of the molecule is O=C(NC(CC(=O)N1CCN(CCO)CC1)c1ccccc1)c1ccccc1Cl. The molecule has 1 aliphatic rings. The van der Waals surface area contributed by atoms with E-state index in [1.165, 1.54) is 0 Å². The van der Waals surface area contributed by atoms with Crippen molar-refractivity contribution < 1.29 is 14.7 Å². The van der Waals surface area contributed by atoms with Gasteiger partial charge in [0.15, 0.2) is 0 Å². The standard InChI is InChI=1S/C22H26ClN3O3/c23-19-9-5-4-8-18(19)22(29)24-20(17-6-2-1-3-7-17)16-21(28)26-12-10-25(11-13-26)14-15-27/h1-9,20,27H,10-16H2,(H,24,29). The zero-order chi connectivity index (χ0) is 20.6. The molecule has 154 valence electrons. The Bertz CT molecular complexity index is 823. The number of β-amino-alcohol motifs (C(OH)–C–C–N with tert-alkyl or cyclic N) is 1. The third-order valence-corrected chi connectivity index (χ3v) is 5.48. The van der Waals surface area contributed by atoms with Crippen molar-refractivity contribution in [2.75, 3.05) is 39.3 Å². The van der Waals surface area contributed by atoms with Gasteiger partial charge in [-0.1, -0.05) is 54.1 Å². The minimum atomic E-state index is -0.442. The zero-order valence-corrected chi connectivity index (χ0v) is 17.0. The van der Waals surface area contributed by atoms with E-state index in [0.29, 0.717) is 30.2 Å². The Labute approximate surface area is 176 Å². The van der Waals surface area contributed by atoms with Crippen molar-refractivity contribution in [2.45, 2.75) is 12.5 Å². The van der Waals surface area contributed by atoms with Crippen molar-refractivity contribution in [3.05, 3.63) is 70.7 Å². The number of hydrogen-bond acceptors (Lipinski definition) is 4. The monoisotopic (exact) mass is 415 g/mol. The fraction of sp³-hybridized carbons (Fsp3) is 0.364. The summed E-state index contributed by atoms with van der Waals surface area (Å²) < 4.78 is 0. The number of nitrogens with one attached hydrogen (secondary N) is 1. The second-order valence-corrected chi connectivity index (χ2v) is 7.47. The quantitative estimate of drug-likeness (QED) is 0.728. The molecule has 6 nitrogen and oxygen atoms in total. The molecule has 1 atom stereocenters. The fourth-order valence-electron chi connectivity index (χ4n) is 3.48. The van der Waals surface area contributed by atoms with Crippen LogP contribution in [0.2, 0.25) is 5.02 Å². The average molecular weight is 416 g/mol. The van der Waals surface area contributed by atoms with Gasteiger partial charge in [0.25, 0.3) is 5.91 Å². The molecule has 1 unspecified atom stereocenters. The lowest BCUT2D eigenvalue weighted by molar-refractivity contribution is -0.133. The lowest BCUT2D eigenvalue weighted by Gasteiger charge is -2.35. The molecule has 2 amide bonds. The summed E-state index contributed by atoms with van der Waals surface area (Å²) in [6, 6.07) is 15.9. The lowest BCUT2D eigenvalue weighted by atomic mass is 10.0. The van der Waals surface area contributed by atoms with Gasteiger partial charge in [-0.25, -0.2) is 0 Å². The van der Waals surface area contributed by atoms with Crippen molar-refractivity contribution in [1.29, 1.82) is 0 Å². The molecule has 2 N–H and O–H groups in total. The molecule has 0 saturated carbocycles. The lowest BCUT2D eigenvalue weighted by Crippen LogP contribution is -2.50. The maximum absolute atomic E-state index is 12.9. The molecule has 2 aromatic rings. The van der Waals surface area contributed by atoms with Gasteiger partial charge in [-0.05, 0) is 17.7 Å². The van der Waals surface area contributed by atoms with E-state index < -0.39 is 6.04 Å². The molecule has 1 saturated heterocycles. The number of nitrogens with zero attached hydrogens (tertiary/aromatic N) is 2. The van der Waals surface area contributed by atoms with E-state index in [1.807, 2.05) is 35.2 Å². The molecule has 0 aliphatic carbocycles. The van der Waals surface area contributed by atoms with Crippen LogP contribution >= 0.6 is 11.6 Å². The van der Waals surface area contributed by atoms with Crippen LogP contribution < -0.4 is 5.32 Å². The van der Waals surface area contributed by atoms with E-state index >= 15 is 0 Å². The van der Waals surface area contributed by atoms with Crippen LogP contribution in [0.3, 0.4) is 0 Å². The highest BCUT2D eigenvalue weighted by molar-refractivity contribution is 6.33. The Hall–Kier alpha value is -2.41. The van der Waals surface area contributed by atoms with Crippen LogP contribution in [-0.4, -0.2) is 66.1 Å². The summed E-state index contributed by atoms with van der Waals surface area (Å²) in [6.07, 6.45) is 0.181. The highest BCUT2D eigenvalue weighted by Crippen LogP contribution is 2.21. The van der Waals surface area contributed by atoms with E-state index in [-0.39, 0.29) is 24.8 Å². The molecule has 29 heavy (non-hydrogen) atoms. The van der Waals surface area contributed by atoms with Crippen LogP contribution in [0, 0.1) is 0 Å². The summed E-state index contributed by atoms with van der Waals surface area (Å²) in [5, 5.41) is 12.4. The Morgan fingerprint density at radius 1 is 1.00 bits per heavy atom. The summed E-state index contributed by atoms with van der Waals surface area (Å²) in [5.41, 5.74) is 1.26. The van der Waals surface area contributed by atoms with Crippen molar-refractivity contribution in [3.63, 3.8) is 0 Å². The number of benzene rings is 2. The van der Waals surface area contributed by atoms with Crippen molar-refractivity contribution in [3.8, 4) is 0 Å². The minimum absolute atomic E-state index is 0.00181. The molecule has 0 spiro atoms. The van der Waals surface area contributed by atoms with Gasteiger partial charge in [0.1, 0.15) is 0 Å². The molecule has 1 heterocycles. The van der Waals surface area contributed by atoms with Crippen LogP contribution in [0.1, 0.15) is 28.4 Å². The number of aliphatic hydroxyl groups is 1. The first-order valence-corrected chi connectivity index (χ1v) is 10.2. The molecule has 1 fully saturated rings. The van der Waals surface area contributed by atoms with Crippen molar-refractivity contribution in [2.24, 2.45) is 0 Å². The summed E-state index contributed by atoms with van der Waals surface area (Å²) in [4.78, 5) is 29.6. The molecule has 0 radical (unpaired) electrons. The Morgan fingerprint density at radius 3 is 2.31 bits per heavy atom. The van der Waals surface area contributed by atoms with Crippen molar-refractivity contribution in [1.82, 2.24) is 15.1 Å². The first kappa shape index (κ1) is 21.3. The first-order chi connectivity index (χ1) is 14.1. The predicted molar refractivity (Wildman–Crippen MR) is 113 cm³/mol. The van der Waals surface area contributed by atoms with Crippen LogP contribution in [0.4, 0.5) is 0 Å². The van der Waals surface area contributed by atoms with Gasteiger partial charge < -0.3 is 15.3 Å². The highest BCUT2D eigenvalue weighted by Gasteiger charge is 2.25. The van der Waals surface area contributed by atoms with Gasteiger partial charge in [-0.15, -0.1) is 0 Å². The van der Waals surface area contributed by atoms with Gasteiger partial charge in [0.2, 0.25) is 5.91 Å². The van der Waals surface area contributed by atoms with Gasteiger partial charge in [0, 0.05) is 32.7 Å². The zero-order valence-electron chi connectivity index (χ0n) is 16.3. The molecular weight excluding hydrogens is 390 g/mol. The van der Waals surface area contributed by atoms with Gasteiger partial charge in [-0.3, -0.25) is 14.5 Å². The second-order valence-electron chi connectivity index (χ2n) is 7.07. The predicted octanol–water partition coefficient (Wildman–Crippen LogP) is 2.34. The molecule has 0 aromatic heterocycles. The van der Waals surface area contributed by atoms with Gasteiger partial charge >= 0.3 is 0 Å². The molecule has 3 rings (SSSR count). The van der Waals surface area contributed by atoms with E-state index in [9.17, 15) is 9.59 Å². The summed E-state index contributed by atoms with van der Waals surface area (Å²) in [5.74, 6) is -0.299. The van der Waals surface area contributed by atoms with E-state index in [4.69, 9.17) is 16.7 Å². The number of aliphatic hydroxyl groups excluding tert-OH is 1. The third-order valence-electron chi connectivity index (χ3n) is 5.15. The molecule has 2 aromatic carbocycles. The summed E-state index contributed by atoms with van der Waals surface area (Å²) in [6.45, 7) is 3.49. The molecule has 0 bridgehead atoms. The first-order valence-electron chi connectivity index (χ1n) is 9.80. The third kappa shape index (κ3) is 5.79. The molecular formula is C22H26ClN3O3. The number of hydrogen-bond donors (Lipinski definition) is 2. The van der Waals surface area contributed by atoms with Crippen LogP contribution in [-0.2, 0) is 4.79 Å². The highest BCUT2D eigenvalue weighted by atomic mass is 35.5. The normalized spacial score (nSPS) is 15.7. The maximum Gasteiger partial charge on any atom is 0.253 e. The van der Waals surface area contributed by atoms with E-state index in [0.717, 1.165) is 18.7 Å². The number of rotatable bonds is 7. The Kier molecular flexibility index (Phi) is 7.63. The average Bonchev–Trinajstić information content (AvgIpc) is 2.75.